The summed E-state index contributed by atoms with van der Waals surface area (Å²) in [7, 11) is 1.46. The number of nitrogens with zero attached hydrogens (tertiary/aromatic N) is 4. The van der Waals surface area contributed by atoms with Crippen molar-refractivity contribution in [3.63, 3.8) is 0 Å². The number of ether oxygens (including phenoxy) is 5. The fourth-order valence-electron chi connectivity index (χ4n) is 8.59. The first kappa shape index (κ1) is 44.1. The van der Waals surface area contributed by atoms with Gasteiger partial charge in [-0.2, -0.15) is 0 Å². The van der Waals surface area contributed by atoms with E-state index in [2.05, 4.69) is 10.3 Å². The number of carbonyl (C=O) groups excluding carboxylic acids is 4. The van der Waals surface area contributed by atoms with E-state index < -0.39 is 83.5 Å². The Morgan fingerprint density at radius 3 is 2.42 bits per heavy atom. The van der Waals surface area contributed by atoms with Crippen molar-refractivity contribution in [3.8, 4) is 11.3 Å². The summed E-state index contributed by atoms with van der Waals surface area (Å²) < 4.78 is 32.5. The number of nitrogen functional groups attached to an aromatic ring is 1. The highest BCUT2D eigenvalue weighted by atomic mass is 16.7. The van der Waals surface area contributed by atoms with Crippen LogP contribution in [0.25, 0.3) is 11.3 Å². The number of Topliss-reactive ketones (excluding diaryl/α,β-unsaturated/α-hetero) is 2. The van der Waals surface area contributed by atoms with Crippen molar-refractivity contribution < 1.29 is 48.0 Å². The first-order chi connectivity index (χ1) is 26.8. The van der Waals surface area contributed by atoms with Crippen molar-refractivity contribution in [1.82, 2.24) is 19.9 Å². The summed E-state index contributed by atoms with van der Waals surface area (Å²) in [6, 6.07) is 5.94. The van der Waals surface area contributed by atoms with Crippen molar-refractivity contribution in [3.05, 3.63) is 30.5 Å². The van der Waals surface area contributed by atoms with Gasteiger partial charge in [0, 0.05) is 55.7 Å². The molecule has 3 saturated heterocycles. The van der Waals surface area contributed by atoms with Crippen LogP contribution in [-0.2, 0) is 44.6 Å². The summed E-state index contributed by atoms with van der Waals surface area (Å²) in [5.41, 5.74) is 11.8. The van der Waals surface area contributed by atoms with Crippen LogP contribution in [0, 0.1) is 23.7 Å². The van der Waals surface area contributed by atoms with Gasteiger partial charge in [-0.1, -0.05) is 45.0 Å². The van der Waals surface area contributed by atoms with Gasteiger partial charge in [0.15, 0.2) is 17.7 Å². The number of aryl methyl sites for hydroxylation is 1. The molecule has 3 fully saturated rings. The highest BCUT2D eigenvalue weighted by Gasteiger charge is 2.58. The van der Waals surface area contributed by atoms with Crippen molar-refractivity contribution in [2.75, 3.05) is 19.4 Å². The van der Waals surface area contributed by atoms with Gasteiger partial charge in [0.2, 0.25) is 0 Å². The van der Waals surface area contributed by atoms with E-state index in [4.69, 9.17) is 35.2 Å². The normalized spacial score (nSPS) is 37.0. The molecule has 57 heavy (non-hydrogen) atoms. The van der Waals surface area contributed by atoms with Gasteiger partial charge in [-0.25, -0.2) is 4.79 Å². The SMILES string of the molecule is CC[C@H]1OC(=O)[C@H](C)C(=O)[C@H](C)[C@@H](O[C@@H]2OC(C)[C@H](C)C(N)C2O)[C@](C)(OC)C[C@@H](C)C(=O)C[C@H]2N(CCCCn3cc(-c4cccc(N)c4)nn3)C(=O)O[C@]12C. The molecule has 1 amide bonds. The third-order valence-electron chi connectivity index (χ3n) is 12.7. The Labute approximate surface area is 335 Å². The zero-order valence-electron chi connectivity index (χ0n) is 34.8. The van der Waals surface area contributed by atoms with Crippen molar-refractivity contribution in [2.24, 2.45) is 29.4 Å². The Bertz CT molecular complexity index is 1760. The van der Waals surface area contributed by atoms with Crippen LogP contribution in [-0.4, -0.2) is 116 Å². The molecular formula is C41H62N6O10. The van der Waals surface area contributed by atoms with Crippen LogP contribution in [0.2, 0.25) is 0 Å². The predicted molar refractivity (Wildman–Crippen MR) is 209 cm³/mol. The lowest BCUT2D eigenvalue weighted by atomic mass is 9.76. The smallest absolute Gasteiger partial charge is 0.410 e. The van der Waals surface area contributed by atoms with E-state index in [0.29, 0.717) is 30.8 Å². The van der Waals surface area contributed by atoms with Crippen LogP contribution >= 0.6 is 0 Å². The Hall–Kier alpha value is -3.96. The van der Waals surface area contributed by atoms with Gasteiger partial charge >= 0.3 is 12.1 Å². The number of fused-ring (bicyclic) bond motifs is 1. The molecule has 5 N–H and O–H groups in total. The van der Waals surface area contributed by atoms with E-state index in [-0.39, 0.29) is 43.6 Å². The highest BCUT2D eigenvalue weighted by molar-refractivity contribution is 6.00. The van der Waals surface area contributed by atoms with E-state index in [9.17, 15) is 24.3 Å². The standard InChI is InChI=1S/C41H62N6O10/c1-10-32-41(8)31(47(39(52)57-41)17-12-11-16-46-21-29(44-45-46)27-14-13-15-28(42)18-27)19-30(48)22(2)20-40(7,53-9)36(24(4)34(49)25(5)37(51)55-32)56-38-35(50)33(43)23(3)26(6)54-38/h13-15,18,21-26,31-33,35-36,38,50H,10-12,16-17,19-20,42-43H2,1-9H3/t22-,23+,24+,25-,26?,31-,32-,33?,35?,36-,38+,40-,41+/m1/s1. The molecule has 4 heterocycles. The Kier molecular flexibility index (Phi) is 13.9. The first-order valence-corrected chi connectivity index (χ1v) is 20.2. The number of hydrogen-bond acceptors (Lipinski definition) is 14. The summed E-state index contributed by atoms with van der Waals surface area (Å²) in [4.78, 5) is 57.6. The van der Waals surface area contributed by atoms with Crippen LogP contribution in [0.4, 0.5) is 10.5 Å². The minimum absolute atomic E-state index is 0.0891. The molecule has 16 heteroatoms. The van der Waals surface area contributed by atoms with E-state index in [1.807, 2.05) is 38.2 Å². The van der Waals surface area contributed by atoms with Gasteiger partial charge in [0.1, 0.15) is 29.6 Å². The number of aliphatic hydroxyl groups excluding tert-OH is 1. The number of benzene rings is 1. The Balaban J connectivity index is 1.39. The number of ketones is 2. The maximum absolute atomic E-state index is 14.3. The number of hydrogen-bond donors (Lipinski definition) is 3. The molecule has 0 radical (unpaired) electrons. The quantitative estimate of drug-likeness (QED) is 0.134. The second-order valence-electron chi connectivity index (χ2n) is 16.7. The maximum atomic E-state index is 14.3. The average molecular weight is 799 g/mol. The number of aromatic nitrogens is 3. The number of methoxy groups -OCH3 is 1. The lowest BCUT2D eigenvalue weighted by Gasteiger charge is -2.47. The number of cyclic esters (lactones) is 1. The lowest BCUT2D eigenvalue weighted by Crippen LogP contribution is -2.61. The maximum Gasteiger partial charge on any atom is 0.410 e. The predicted octanol–water partition coefficient (Wildman–Crippen LogP) is 3.91. The van der Waals surface area contributed by atoms with Gasteiger partial charge in [-0.15, -0.1) is 5.10 Å². The number of rotatable bonds is 10. The van der Waals surface area contributed by atoms with Crippen LogP contribution in [0.3, 0.4) is 0 Å². The molecule has 16 nitrogen and oxygen atoms in total. The molecule has 1 aromatic heterocycles. The molecule has 3 aliphatic heterocycles. The average Bonchev–Trinajstić information content (AvgIpc) is 3.75. The first-order valence-electron chi connectivity index (χ1n) is 20.2. The summed E-state index contributed by atoms with van der Waals surface area (Å²) in [6.45, 7) is 14.6. The summed E-state index contributed by atoms with van der Waals surface area (Å²) in [6.07, 6.45) is -2.16. The molecule has 0 aliphatic carbocycles. The molecule has 2 aromatic rings. The molecular weight excluding hydrogens is 736 g/mol. The highest BCUT2D eigenvalue weighted by Crippen LogP contribution is 2.41. The number of unbranched alkanes of at least 4 members (excludes halogenated alkanes) is 1. The lowest BCUT2D eigenvalue weighted by molar-refractivity contribution is -0.297. The van der Waals surface area contributed by atoms with Crippen molar-refractivity contribution in [2.45, 2.75) is 148 Å². The summed E-state index contributed by atoms with van der Waals surface area (Å²) >= 11 is 0. The van der Waals surface area contributed by atoms with E-state index >= 15 is 0 Å². The molecule has 0 bridgehead atoms. The van der Waals surface area contributed by atoms with Gasteiger partial charge in [-0.3, -0.25) is 19.1 Å². The van der Waals surface area contributed by atoms with Crippen LogP contribution < -0.4 is 11.5 Å². The second kappa shape index (κ2) is 17.9. The number of aliphatic hydroxyl groups is 1. The zero-order chi connectivity index (χ0) is 42.0. The fraction of sp³-hybridized carbons (Fsp3) is 0.707. The topological polar surface area (TPSA) is 221 Å². The molecule has 3 unspecified atom stereocenters. The van der Waals surface area contributed by atoms with Crippen LogP contribution in [0.1, 0.15) is 87.5 Å². The molecule has 13 atom stereocenters. The third-order valence-corrected chi connectivity index (χ3v) is 12.7. The number of anilines is 1. The number of carbonyl (C=O) groups is 4. The number of nitrogens with two attached hydrogens (primary N) is 2. The van der Waals surface area contributed by atoms with Gasteiger partial charge < -0.3 is 45.2 Å². The fourth-order valence-corrected chi connectivity index (χ4v) is 8.59. The van der Waals surface area contributed by atoms with Gasteiger partial charge in [-0.05, 0) is 71.4 Å². The molecule has 316 valence electrons. The third kappa shape index (κ3) is 9.20. The van der Waals surface area contributed by atoms with Crippen molar-refractivity contribution >= 4 is 29.3 Å². The second-order valence-corrected chi connectivity index (χ2v) is 16.7. The minimum atomic E-state index is -1.40. The minimum Gasteiger partial charge on any atom is -0.458 e. The van der Waals surface area contributed by atoms with Crippen LogP contribution in [0.5, 0.6) is 0 Å². The van der Waals surface area contributed by atoms with E-state index in [1.165, 1.54) is 14.0 Å². The molecule has 3 aliphatic rings. The van der Waals surface area contributed by atoms with Gasteiger partial charge in [0.05, 0.1) is 30.0 Å². The molecule has 5 rings (SSSR count). The summed E-state index contributed by atoms with van der Waals surface area (Å²) in [5, 5.41) is 19.7. The number of amides is 1. The molecule has 0 spiro atoms. The zero-order valence-corrected chi connectivity index (χ0v) is 34.8. The molecule has 1 aromatic carbocycles. The molecule has 0 saturated carbocycles. The van der Waals surface area contributed by atoms with Crippen LogP contribution in [0.15, 0.2) is 30.5 Å². The van der Waals surface area contributed by atoms with Crippen molar-refractivity contribution in [1.29, 1.82) is 0 Å². The van der Waals surface area contributed by atoms with E-state index in [0.717, 1.165) is 5.56 Å². The monoisotopic (exact) mass is 798 g/mol. The Morgan fingerprint density at radius 1 is 1.05 bits per heavy atom. The Morgan fingerprint density at radius 2 is 1.75 bits per heavy atom. The largest absolute Gasteiger partial charge is 0.458 e. The number of esters is 1. The van der Waals surface area contributed by atoms with Gasteiger partial charge in [0.25, 0.3) is 0 Å². The van der Waals surface area contributed by atoms with E-state index in [1.54, 1.807) is 50.3 Å². The summed E-state index contributed by atoms with van der Waals surface area (Å²) in [5.74, 6) is -4.51.